The van der Waals surface area contributed by atoms with Crippen molar-refractivity contribution in [2.75, 3.05) is 0 Å². The summed E-state index contributed by atoms with van der Waals surface area (Å²) >= 11 is 2.11. The minimum atomic E-state index is -1.39. The van der Waals surface area contributed by atoms with E-state index in [1.54, 1.807) is 0 Å². The molecule has 2 aromatic rings. The highest BCUT2D eigenvalue weighted by atomic mass is 32.2. The van der Waals surface area contributed by atoms with Crippen molar-refractivity contribution >= 4 is 47.4 Å². The quantitative estimate of drug-likeness (QED) is 0.521. The molecule has 0 spiro atoms. The first-order valence-electron chi connectivity index (χ1n) is 6.84. The summed E-state index contributed by atoms with van der Waals surface area (Å²) in [5.41, 5.74) is -1.52. The van der Waals surface area contributed by atoms with Gasteiger partial charge in [0.1, 0.15) is 0 Å². The van der Waals surface area contributed by atoms with Gasteiger partial charge in [-0.1, -0.05) is 23.5 Å². The molecule has 0 saturated heterocycles. The Kier molecular flexibility index (Phi) is 4.38. The van der Waals surface area contributed by atoms with Crippen molar-refractivity contribution in [2.45, 2.75) is 19.6 Å². The molecular formula is C16H8O8S2. The van der Waals surface area contributed by atoms with Crippen LogP contribution in [-0.4, -0.2) is 44.3 Å². The Balaban J connectivity index is 2.16. The zero-order valence-corrected chi connectivity index (χ0v) is 14.2. The van der Waals surface area contributed by atoms with E-state index in [0.29, 0.717) is 19.6 Å². The average molecular weight is 392 g/mol. The van der Waals surface area contributed by atoms with Gasteiger partial charge in [0, 0.05) is 19.6 Å². The number of benzene rings is 2. The third kappa shape index (κ3) is 3.00. The molecule has 0 radical (unpaired) electrons. The zero-order valence-electron chi connectivity index (χ0n) is 12.5. The molecule has 4 N–H and O–H groups in total. The summed E-state index contributed by atoms with van der Waals surface area (Å²) in [6, 6.07) is 4.86. The van der Waals surface area contributed by atoms with Crippen LogP contribution in [-0.2, 0) is 0 Å². The van der Waals surface area contributed by atoms with Crippen molar-refractivity contribution in [3.63, 3.8) is 0 Å². The normalized spacial score (nSPS) is 12.0. The lowest BCUT2D eigenvalue weighted by atomic mass is 10.1. The molecule has 0 saturated carbocycles. The fourth-order valence-electron chi connectivity index (χ4n) is 2.38. The first-order chi connectivity index (χ1) is 12.2. The monoisotopic (exact) mass is 392 g/mol. The third-order valence-corrected chi connectivity index (χ3v) is 6.02. The molecule has 0 fully saturated rings. The van der Waals surface area contributed by atoms with Crippen LogP contribution < -0.4 is 0 Å². The fourth-order valence-corrected chi connectivity index (χ4v) is 4.70. The number of hydrogen-bond donors (Lipinski definition) is 4. The summed E-state index contributed by atoms with van der Waals surface area (Å²) in [6.45, 7) is 0. The number of fused-ring (bicyclic) bond motifs is 2. The molecule has 0 atom stereocenters. The summed E-state index contributed by atoms with van der Waals surface area (Å²) in [4.78, 5) is 47.0. The predicted molar refractivity (Wildman–Crippen MR) is 89.0 cm³/mol. The number of carboxylic acids is 4. The molecule has 0 amide bonds. The Morgan fingerprint density at radius 2 is 0.692 bits per heavy atom. The number of aromatic carboxylic acids is 4. The van der Waals surface area contributed by atoms with E-state index in [0.717, 1.165) is 23.5 Å². The summed E-state index contributed by atoms with van der Waals surface area (Å²) in [5.74, 6) is -5.58. The molecule has 2 aromatic carbocycles. The van der Waals surface area contributed by atoms with Crippen LogP contribution in [0.15, 0.2) is 43.8 Å². The van der Waals surface area contributed by atoms with Gasteiger partial charge in [-0.15, -0.1) is 0 Å². The molecule has 0 unspecified atom stereocenters. The van der Waals surface area contributed by atoms with Gasteiger partial charge in [0.25, 0.3) is 0 Å². The molecule has 1 heterocycles. The van der Waals surface area contributed by atoms with E-state index in [2.05, 4.69) is 0 Å². The highest BCUT2D eigenvalue weighted by molar-refractivity contribution is 8.05. The van der Waals surface area contributed by atoms with E-state index in [1.807, 2.05) is 0 Å². The minimum absolute atomic E-state index is 0.381. The van der Waals surface area contributed by atoms with Gasteiger partial charge in [0.15, 0.2) is 0 Å². The third-order valence-electron chi connectivity index (χ3n) is 3.53. The number of carboxylic acid groups (broad SMARTS) is 4. The van der Waals surface area contributed by atoms with Crippen LogP contribution in [0.5, 0.6) is 0 Å². The molecule has 132 valence electrons. The van der Waals surface area contributed by atoms with Crippen molar-refractivity contribution in [3.05, 3.63) is 46.5 Å². The van der Waals surface area contributed by atoms with Gasteiger partial charge in [0.2, 0.25) is 0 Å². The van der Waals surface area contributed by atoms with Gasteiger partial charge in [-0.2, -0.15) is 0 Å². The van der Waals surface area contributed by atoms with E-state index in [1.165, 1.54) is 24.3 Å². The largest absolute Gasteiger partial charge is 0.478 e. The van der Waals surface area contributed by atoms with E-state index in [4.69, 9.17) is 0 Å². The standard InChI is InChI=1S/C16H8O8S2/c17-13(18)5-1-9-10(2-6(5)14(19)20)26-12-4-8(16(23)24)7(15(21)22)3-11(12)25-9/h1-4H,(H,17,18)(H,19,20)(H,21,22)(H,23,24). The maximum atomic E-state index is 11.3. The number of rotatable bonds is 4. The maximum absolute atomic E-state index is 11.3. The first kappa shape index (κ1) is 17.8. The second kappa shape index (κ2) is 6.39. The molecular weight excluding hydrogens is 384 g/mol. The van der Waals surface area contributed by atoms with E-state index < -0.39 is 23.9 Å². The van der Waals surface area contributed by atoms with Gasteiger partial charge in [-0.25, -0.2) is 19.2 Å². The SMILES string of the molecule is O=C(O)c1cc2c(cc1C(=O)O)Sc1cc(C(=O)O)c(C(=O)O)cc1S2. The van der Waals surface area contributed by atoms with Crippen LogP contribution in [0.25, 0.3) is 0 Å². The Bertz CT molecular complexity index is 852. The van der Waals surface area contributed by atoms with Gasteiger partial charge in [0.05, 0.1) is 22.3 Å². The van der Waals surface area contributed by atoms with Crippen LogP contribution >= 0.6 is 23.5 Å². The molecule has 0 bridgehead atoms. The summed E-state index contributed by atoms with van der Waals surface area (Å²) < 4.78 is 0. The summed E-state index contributed by atoms with van der Waals surface area (Å²) in [6.07, 6.45) is 0. The Hall–Kier alpha value is -2.98. The van der Waals surface area contributed by atoms with Gasteiger partial charge in [-0.05, 0) is 24.3 Å². The van der Waals surface area contributed by atoms with Crippen molar-refractivity contribution in [3.8, 4) is 0 Å². The predicted octanol–water partition coefficient (Wildman–Crippen LogP) is 3.10. The summed E-state index contributed by atoms with van der Waals surface area (Å²) in [7, 11) is 0. The lowest BCUT2D eigenvalue weighted by Gasteiger charge is -2.20. The number of hydrogen-bond acceptors (Lipinski definition) is 6. The molecule has 26 heavy (non-hydrogen) atoms. The molecule has 1 aliphatic rings. The average Bonchev–Trinajstić information content (AvgIpc) is 2.57. The molecule has 8 nitrogen and oxygen atoms in total. The van der Waals surface area contributed by atoms with Crippen molar-refractivity contribution in [1.82, 2.24) is 0 Å². The van der Waals surface area contributed by atoms with E-state index >= 15 is 0 Å². The smallest absolute Gasteiger partial charge is 0.336 e. The van der Waals surface area contributed by atoms with E-state index in [-0.39, 0.29) is 22.3 Å². The van der Waals surface area contributed by atoms with Crippen LogP contribution in [0.4, 0.5) is 0 Å². The number of carbonyl (C=O) groups is 4. The second-order valence-corrected chi connectivity index (χ2v) is 7.28. The highest BCUT2D eigenvalue weighted by Crippen LogP contribution is 2.50. The minimum Gasteiger partial charge on any atom is -0.478 e. The Morgan fingerprint density at radius 1 is 0.500 bits per heavy atom. The molecule has 0 aromatic heterocycles. The van der Waals surface area contributed by atoms with Crippen molar-refractivity contribution in [2.24, 2.45) is 0 Å². The Labute approximate surface area is 153 Å². The van der Waals surface area contributed by atoms with Crippen LogP contribution in [0.3, 0.4) is 0 Å². The Morgan fingerprint density at radius 3 is 0.846 bits per heavy atom. The lowest BCUT2D eigenvalue weighted by Crippen LogP contribution is -2.11. The van der Waals surface area contributed by atoms with Crippen LogP contribution in [0, 0.1) is 0 Å². The van der Waals surface area contributed by atoms with Gasteiger partial charge in [-0.3, -0.25) is 0 Å². The van der Waals surface area contributed by atoms with Gasteiger partial charge < -0.3 is 20.4 Å². The summed E-state index contributed by atoms with van der Waals surface area (Å²) in [5, 5.41) is 36.8. The van der Waals surface area contributed by atoms with E-state index in [9.17, 15) is 39.6 Å². The van der Waals surface area contributed by atoms with Crippen LogP contribution in [0.2, 0.25) is 0 Å². The van der Waals surface area contributed by atoms with Crippen molar-refractivity contribution < 1.29 is 39.6 Å². The molecule has 10 heteroatoms. The zero-order chi connectivity index (χ0) is 19.2. The second-order valence-electron chi connectivity index (χ2n) is 5.11. The first-order valence-corrected chi connectivity index (χ1v) is 8.47. The molecule has 0 aliphatic carbocycles. The fraction of sp³-hybridized carbons (Fsp3) is 0. The lowest BCUT2D eigenvalue weighted by molar-refractivity contribution is 0.0650. The van der Waals surface area contributed by atoms with Gasteiger partial charge >= 0.3 is 23.9 Å². The highest BCUT2D eigenvalue weighted by Gasteiger charge is 2.27. The molecule has 1 aliphatic heterocycles. The van der Waals surface area contributed by atoms with Crippen molar-refractivity contribution in [1.29, 1.82) is 0 Å². The van der Waals surface area contributed by atoms with Crippen LogP contribution in [0.1, 0.15) is 41.4 Å². The topological polar surface area (TPSA) is 149 Å². The molecule has 3 rings (SSSR count). The maximum Gasteiger partial charge on any atom is 0.336 e.